The van der Waals surface area contributed by atoms with E-state index in [4.69, 9.17) is 5.73 Å². The minimum Gasteiger partial charge on any atom is -0.349 e. The molecular formula is C15H22N2OS. The van der Waals surface area contributed by atoms with Crippen LogP contribution in [0.1, 0.15) is 43.7 Å². The summed E-state index contributed by atoms with van der Waals surface area (Å²) in [5, 5.41) is 3.17. The van der Waals surface area contributed by atoms with E-state index in [0.29, 0.717) is 6.42 Å². The van der Waals surface area contributed by atoms with E-state index in [1.54, 1.807) is 0 Å². The minimum absolute atomic E-state index is 0.170. The fraction of sp³-hybridized carbons (Fsp3) is 0.533. The number of carbonyl (C=O) groups excluding carboxylic acids is 1. The molecule has 3 N–H and O–H groups in total. The highest BCUT2D eigenvalue weighted by molar-refractivity contribution is 7.99. The minimum atomic E-state index is 0.170. The Labute approximate surface area is 119 Å². The Morgan fingerprint density at radius 1 is 1.32 bits per heavy atom. The zero-order chi connectivity index (χ0) is 13.5. The number of carbonyl (C=O) groups is 1. The summed E-state index contributed by atoms with van der Waals surface area (Å²) in [6.45, 7) is 0.717. The first-order chi connectivity index (χ1) is 9.31. The van der Waals surface area contributed by atoms with Crippen molar-refractivity contribution >= 4 is 17.7 Å². The number of hydrogen-bond acceptors (Lipinski definition) is 3. The van der Waals surface area contributed by atoms with Gasteiger partial charge in [-0.1, -0.05) is 24.6 Å². The van der Waals surface area contributed by atoms with Gasteiger partial charge in [0.05, 0.1) is 6.04 Å². The van der Waals surface area contributed by atoms with Gasteiger partial charge in [-0.15, -0.1) is 11.8 Å². The SMILES string of the molecule is NCCCCCC(=O)NC1CCSc2ccccc21. The molecule has 0 fully saturated rings. The molecule has 4 heteroatoms. The van der Waals surface area contributed by atoms with Crippen molar-refractivity contribution in [2.24, 2.45) is 5.73 Å². The molecule has 1 atom stereocenters. The zero-order valence-corrected chi connectivity index (χ0v) is 12.0. The summed E-state index contributed by atoms with van der Waals surface area (Å²) in [5.41, 5.74) is 6.72. The van der Waals surface area contributed by atoms with Gasteiger partial charge in [-0.25, -0.2) is 0 Å². The molecule has 0 bridgehead atoms. The predicted octanol–water partition coefficient (Wildman–Crippen LogP) is 2.86. The van der Waals surface area contributed by atoms with Gasteiger partial charge in [-0.05, 0) is 37.4 Å². The van der Waals surface area contributed by atoms with Crippen molar-refractivity contribution in [3.05, 3.63) is 29.8 Å². The Morgan fingerprint density at radius 3 is 3.00 bits per heavy atom. The van der Waals surface area contributed by atoms with E-state index in [-0.39, 0.29) is 11.9 Å². The van der Waals surface area contributed by atoms with E-state index in [9.17, 15) is 4.79 Å². The molecular weight excluding hydrogens is 256 g/mol. The van der Waals surface area contributed by atoms with Crippen molar-refractivity contribution in [2.45, 2.75) is 43.0 Å². The Kier molecular flexibility index (Phi) is 5.73. The van der Waals surface area contributed by atoms with Gasteiger partial charge in [0.25, 0.3) is 0 Å². The normalized spacial score (nSPS) is 17.8. The number of rotatable bonds is 6. The summed E-state index contributed by atoms with van der Waals surface area (Å²) >= 11 is 1.88. The summed E-state index contributed by atoms with van der Waals surface area (Å²) in [5.74, 6) is 1.25. The molecule has 1 amide bonds. The molecule has 104 valence electrons. The Balaban J connectivity index is 1.85. The maximum atomic E-state index is 11.9. The molecule has 3 nitrogen and oxygen atoms in total. The number of unbranched alkanes of at least 4 members (excludes halogenated alkanes) is 2. The third-order valence-electron chi connectivity index (χ3n) is 3.40. The fourth-order valence-corrected chi connectivity index (χ4v) is 3.49. The van der Waals surface area contributed by atoms with Gasteiger partial charge >= 0.3 is 0 Å². The molecule has 0 saturated carbocycles. The van der Waals surface area contributed by atoms with Crippen LogP contribution in [-0.4, -0.2) is 18.2 Å². The number of nitrogens with two attached hydrogens (primary N) is 1. The molecule has 1 aromatic carbocycles. The maximum absolute atomic E-state index is 11.9. The summed E-state index contributed by atoms with van der Waals surface area (Å²) < 4.78 is 0. The highest BCUT2D eigenvalue weighted by Gasteiger charge is 2.21. The van der Waals surface area contributed by atoms with Gasteiger partial charge in [0.1, 0.15) is 0 Å². The monoisotopic (exact) mass is 278 g/mol. The Hall–Kier alpha value is -1.00. The number of hydrogen-bond donors (Lipinski definition) is 2. The van der Waals surface area contributed by atoms with Gasteiger partial charge in [0, 0.05) is 17.1 Å². The highest BCUT2D eigenvalue weighted by Crippen LogP contribution is 2.35. The summed E-state index contributed by atoms with van der Waals surface area (Å²) in [4.78, 5) is 13.2. The van der Waals surface area contributed by atoms with E-state index in [0.717, 1.165) is 38.0 Å². The lowest BCUT2D eigenvalue weighted by Crippen LogP contribution is -2.30. The summed E-state index contributed by atoms with van der Waals surface area (Å²) in [7, 11) is 0. The fourth-order valence-electron chi connectivity index (χ4n) is 2.37. The lowest BCUT2D eigenvalue weighted by atomic mass is 10.0. The van der Waals surface area contributed by atoms with E-state index < -0.39 is 0 Å². The number of nitrogens with one attached hydrogen (secondary N) is 1. The summed E-state index contributed by atoms with van der Waals surface area (Å²) in [6, 6.07) is 8.56. The molecule has 1 unspecified atom stereocenters. The number of thioether (sulfide) groups is 1. The van der Waals surface area contributed by atoms with Crippen LogP contribution in [0.25, 0.3) is 0 Å². The second-order valence-electron chi connectivity index (χ2n) is 4.89. The number of fused-ring (bicyclic) bond motifs is 1. The molecule has 2 rings (SSSR count). The molecule has 0 radical (unpaired) electrons. The first kappa shape index (κ1) is 14.4. The van der Waals surface area contributed by atoms with Gasteiger partial charge in [-0.3, -0.25) is 4.79 Å². The molecule has 1 aliphatic heterocycles. The van der Waals surface area contributed by atoms with Crippen LogP contribution in [0.15, 0.2) is 29.2 Å². The molecule has 19 heavy (non-hydrogen) atoms. The topological polar surface area (TPSA) is 55.1 Å². The molecule has 1 heterocycles. The second kappa shape index (κ2) is 7.56. The zero-order valence-electron chi connectivity index (χ0n) is 11.2. The van der Waals surface area contributed by atoms with Crippen molar-refractivity contribution in [1.29, 1.82) is 0 Å². The Bertz CT molecular complexity index is 422. The Morgan fingerprint density at radius 2 is 2.16 bits per heavy atom. The average molecular weight is 278 g/mol. The standard InChI is InChI=1S/C15H22N2OS/c16-10-5-1-2-8-15(18)17-13-9-11-19-14-7-4-3-6-12(13)14/h3-4,6-7,13H,1-2,5,8-11,16H2,(H,17,18). The molecule has 1 aromatic rings. The van der Waals surface area contributed by atoms with Crippen molar-refractivity contribution < 1.29 is 4.79 Å². The molecule has 0 saturated heterocycles. The highest BCUT2D eigenvalue weighted by atomic mass is 32.2. The van der Waals surface area contributed by atoms with E-state index in [1.807, 2.05) is 17.8 Å². The van der Waals surface area contributed by atoms with Crippen molar-refractivity contribution in [3.63, 3.8) is 0 Å². The van der Waals surface area contributed by atoms with Crippen molar-refractivity contribution in [1.82, 2.24) is 5.32 Å². The van der Waals surface area contributed by atoms with E-state index in [1.165, 1.54) is 10.5 Å². The van der Waals surface area contributed by atoms with E-state index in [2.05, 4.69) is 23.5 Å². The third kappa shape index (κ3) is 4.25. The van der Waals surface area contributed by atoms with Crippen LogP contribution in [-0.2, 0) is 4.79 Å². The number of benzene rings is 1. The molecule has 0 spiro atoms. The van der Waals surface area contributed by atoms with Crippen molar-refractivity contribution in [2.75, 3.05) is 12.3 Å². The lowest BCUT2D eigenvalue weighted by Gasteiger charge is -2.25. The molecule has 0 aliphatic carbocycles. The molecule has 1 aliphatic rings. The third-order valence-corrected chi connectivity index (χ3v) is 4.52. The second-order valence-corrected chi connectivity index (χ2v) is 6.03. The quantitative estimate of drug-likeness (QED) is 0.787. The largest absolute Gasteiger partial charge is 0.349 e. The maximum Gasteiger partial charge on any atom is 0.220 e. The van der Waals surface area contributed by atoms with Crippen LogP contribution in [0.5, 0.6) is 0 Å². The first-order valence-corrected chi connectivity index (χ1v) is 8.01. The summed E-state index contributed by atoms with van der Waals surface area (Å²) in [6.07, 6.45) is 4.63. The van der Waals surface area contributed by atoms with Gasteiger partial charge in [0.15, 0.2) is 0 Å². The smallest absolute Gasteiger partial charge is 0.220 e. The van der Waals surface area contributed by atoms with Crippen LogP contribution < -0.4 is 11.1 Å². The van der Waals surface area contributed by atoms with Gasteiger partial charge in [-0.2, -0.15) is 0 Å². The van der Waals surface area contributed by atoms with Gasteiger partial charge < -0.3 is 11.1 Å². The predicted molar refractivity (Wildman–Crippen MR) is 80.2 cm³/mol. The van der Waals surface area contributed by atoms with Crippen LogP contribution in [0, 0.1) is 0 Å². The van der Waals surface area contributed by atoms with Crippen LogP contribution in [0.4, 0.5) is 0 Å². The number of amides is 1. The van der Waals surface area contributed by atoms with Crippen LogP contribution in [0.2, 0.25) is 0 Å². The lowest BCUT2D eigenvalue weighted by molar-refractivity contribution is -0.122. The van der Waals surface area contributed by atoms with Crippen molar-refractivity contribution in [3.8, 4) is 0 Å². The van der Waals surface area contributed by atoms with E-state index >= 15 is 0 Å². The average Bonchev–Trinajstić information content (AvgIpc) is 2.44. The molecule has 0 aromatic heterocycles. The first-order valence-electron chi connectivity index (χ1n) is 7.02. The van der Waals surface area contributed by atoms with Gasteiger partial charge in [0.2, 0.25) is 5.91 Å². The van der Waals surface area contributed by atoms with Crippen LogP contribution >= 0.6 is 11.8 Å². The van der Waals surface area contributed by atoms with Crippen LogP contribution in [0.3, 0.4) is 0 Å².